The number of halogens is 2. The first-order valence-electron chi connectivity index (χ1n) is 6.70. The van der Waals surface area contributed by atoms with Gasteiger partial charge >= 0.3 is 0 Å². The number of carbonyl (C=O) groups is 1. The topological polar surface area (TPSA) is 52.6 Å². The van der Waals surface area contributed by atoms with E-state index >= 15 is 0 Å². The molecule has 6 heteroatoms. The molecule has 1 aromatic rings. The average Bonchev–Trinajstić information content (AvgIpc) is 2.44. The van der Waals surface area contributed by atoms with Crippen LogP contribution in [-0.4, -0.2) is 41.7 Å². The summed E-state index contributed by atoms with van der Waals surface area (Å²) in [5, 5.41) is 12.9. The number of aliphatic hydroxyl groups excluding tert-OH is 1. The SMILES string of the molecule is O=C(CN1CCCCC1CO)Nc1cccc(Cl)c1Cl. The van der Waals surface area contributed by atoms with Crippen LogP contribution in [-0.2, 0) is 4.79 Å². The molecule has 0 bridgehead atoms. The van der Waals surface area contributed by atoms with Gasteiger partial charge in [-0.2, -0.15) is 0 Å². The number of hydrogen-bond donors (Lipinski definition) is 2. The molecule has 1 atom stereocenters. The quantitative estimate of drug-likeness (QED) is 0.898. The van der Waals surface area contributed by atoms with E-state index in [1.165, 1.54) is 0 Å². The van der Waals surface area contributed by atoms with E-state index in [1.807, 2.05) is 4.90 Å². The third-order valence-corrected chi connectivity index (χ3v) is 4.35. The largest absolute Gasteiger partial charge is 0.395 e. The molecule has 1 unspecified atom stereocenters. The van der Waals surface area contributed by atoms with Gasteiger partial charge in [0.1, 0.15) is 0 Å². The summed E-state index contributed by atoms with van der Waals surface area (Å²) in [6, 6.07) is 5.20. The predicted octanol–water partition coefficient (Wildman–Crippen LogP) is 2.78. The lowest BCUT2D eigenvalue weighted by atomic mass is 10.0. The second kappa shape index (κ2) is 7.27. The molecule has 1 heterocycles. The number of carbonyl (C=O) groups excluding carboxylic acids is 1. The van der Waals surface area contributed by atoms with Crippen LogP contribution in [0, 0.1) is 0 Å². The normalized spacial score (nSPS) is 19.9. The highest BCUT2D eigenvalue weighted by atomic mass is 35.5. The van der Waals surface area contributed by atoms with Crippen molar-refractivity contribution in [2.45, 2.75) is 25.3 Å². The molecule has 2 N–H and O–H groups in total. The van der Waals surface area contributed by atoms with Crippen LogP contribution >= 0.6 is 23.2 Å². The maximum atomic E-state index is 12.1. The van der Waals surface area contributed by atoms with Crippen molar-refractivity contribution in [3.63, 3.8) is 0 Å². The van der Waals surface area contributed by atoms with Gasteiger partial charge in [0.05, 0.1) is 28.9 Å². The first-order chi connectivity index (χ1) is 9.61. The van der Waals surface area contributed by atoms with Crippen molar-refractivity contribution in [3.8, 4) is 0 Å². The Morgan fingerprint density at radius 1 is 1.40 bits per heavy atom. The summed E-state index contributed by atoms with van der Waals surface area (Å²) >= 11 is 11.9. The summed E-state index contributed by atoms with van der Waals surface area (Å²) in [4.78, 5) is 14.1. The summed E-state index contributed by atoms with van der Waals surface area (Å²) in [5.41, 5.74) is 0.515. The number of amides is 1. The lowest BCUT2D eigenvalue weighted by Gasteiger charge is -2.33. The summed E-state index contributed by atoms with van der Waals surface area (Å²) in [6.07, 6.45) is 3.09. The lowest BCUT2D eigenvalue weighted by Crippen LogP contribution is -2.45. The monoisotopic (exact) mass is 316 g/mol. The molecular weight excluding hydrogens is 299 g/mol. The van der Waals surface area contributed by atoms with Crippen LogP contribution < -0.4 is 5.32 Å². The number of hydrogen-bond acceptors (Lipinski definition) is 3. The first-order valence-corrected chi connectivity index (χ1v) is 7.46. The number of benzene rings is 1. The van der Waals surface area contributed by atoms with Crippen LogP contribution in [0.5, 0.6) is 0 Å². The molecular formula is C14H18Cl2N2O2. The third kappa shape index (κ3) is 3.85. The van der Waals surface area contributed by atoms with Crippen molar-refractivity contribution in [1.82, 2.24) is 4.90 Å². The Balaban J connectivity index is 1.96. The Kier molecular flexibility index (Phi) is 5.66. The summed E-state index contributed by atoms with van der Waals surface area (Å²) < 4.78 is 0. The zero-order valence-electron chi connectivity index (χ0n) is 11.1. The van der Waals surface area contributed by atoms with Gasteiger partial charge in [0.25, 0.3) is 0 Å². The minimum absolute atomic E-state index is 0.0735. The molecule has 0 aromatic heterocycles. The van der Waals surface area contributed by atoms with Crippen LogP contribution in [0.15, 0.2) is 18.2 Å². The summed E-state index contributed by atoms with van der Waals surface area (Å²) in [7, 11) is 0. The van der Waals surface area contributed by atoms with Crippen molar-refractivity contribution in [2.24, 2.45) is 0 Å². The Morgan fingerprint density at radius 3 is 2.95 bits per heavy atom. The van der Waals surface area contributed by atoms with E-state index in [0.717, 1.165) is 25.8 Å². The van der Waals surface area contributed by atoms with Gasteiger partial charge in [-0.3, -0.25) is 9.69 Å². The lowest BCUT2D eigenvalue weighted by molar-refractivity contribution is -0.118. The zero-order chi connectivity index (χ0) is 14.5. The molecule has 1 aromatic carbocycles. The maximum absolute atomic E-state index is 12.1. The molecule has 110 valence electrons. The molecule has 1 fully saturated rings. The van der Waals surface area contributed by atoms with Gasteiger partial charge in [-0.15, -0.1) is 0 Å². The van der Waals surface area contributed by atoms with Crippen LogP contribution in [0.4, 0.5) is 5.69 Å². The number of piperidine rings is 1. The van der Waals surface area contributed by atoms with E-state index in [0.29, 0.717) is 15.7 Å². The average molecular weight is 317 g/mol. The van der Waals surface area contributed by atoms with Crippen molar-refractivity contribution in [1.29, 1.82) is 0 Å². The highest BCUT2D eigenvalue weighted by Gasteiger charge is 2.23. The Morgan fingerprint density at radius 2 is 2.20 bits per heavy atom. The molecule has 0 radical (unpaired) electrons. The minimum atomic E-state index is -0.144. The van der Waals surface area contributed by atoms with Crippen molar-refractivity contribution < 1.29 is 9.90 Å². The molecule has 1 amide bonds. The van der Waals surface area contributed by atoms with Gasteiger partial charge in [0.2, 0.25) is 5.91 Å². The Labute approximate surface area is 128 Å². The molecule has 20 heavy (non-hydrogen) atoms. The van der Waals surface area contributed by atoms with Gasteiger partial charge < -0.3 is 10.4 Å². The highest BCUT2D eigenvalue weighted by Crippen LogP contribution is 2.29. The molecule has 0 spiro atoms. The number of rotatable bonds is 4. The molecule has 2 rings (SSSR count). The molecule has 4 nitrogen and oxygen atoms in total. The highest BCUT2D eigenvalue weighted by molar-refractivity contribution is 6.43. The van der Waals surface area contributed by atoms with Gasteiger partial charge in [-0.05, 0) is 31.5 Å². The molecule has 1 aliphatic rings. The summed E-state index contributed by atoms with van der Waals surface area (Å²) in [5.74, 6) is -0.144. The fourth-order valence-corrected chi connectivity index (χ4v) is 2.80. The molecule has 1 saturated heterocycles. The fraction of sp³-hybridized carbons (Fsp3) is 0.500. The van der Waals surface area contributed by atoms with E-state index in [1.54, 1.807) is 18.2 Å². The van der Waals surface area contributed by atoms with E-state index in [2.05, 4.69) is 5.32 Å². The number of anilines is 1. The fourth-order valence-electron chi connectivity index (χ4n) is 2.45. The molecule has 0 aliphatic carbocycles. The number of nitrogens with one attached hydrogen (secondary N) is 1. The number of aliphatic hydroxyl groups is 1. The minimum Gasteiger partial charge on any atom is -0.395 e. The first kappa shape index (κ1) is 15.6. The number of likely N-dealkylation sites (tertiary alicyclic amines) is 1. The smallest absolute Gasteiger partial charge is 0.238 e. The van der Waals surface area contributed by atoms with Gasteiger partial charge in [0.15, 0.2) is 0 Å². The van der Waals surface area contributed by atoms with Crippen molar-refractivity contribution in [2.75, 3.05) is 25.0 Å². The van der Waals surface area contributed by atoms with Gasteiger partial charge in [-0.1, -0.05) is 35.7 Å². The van der Waals surface area contributed by atoms with Gasteiger partial charge in [0, 0.05) is 6.04 Å². The summed E-state index contributed by atoms with van der Waals surface area (Å²) in [6.45, 7) is 1.18. The van der Waals surface area contributed by atoms with E-state index in [4.69, 9.17) is 23.2 Å². The predicted molar refractivity (Wildman–Crippen MR) is 81.4 cm³/mol. The van der Waals surface area contributed by atoms with Crippen LogP contribution in [0.1, 0.15) is 19.3 Å². The zero-order valence-corrected chi connectivity index (χ0v) is 12.6. The van der Waals surface area contributed by atoms with Crippen molar-refractivity contribution in [3.05, 3.63) is 28.2 Å². The second-order valence-corrected chi connectivity index (χ2v) is 5.74. The van der Waals surface area contributed by atoms with Gasteiger partial charge in [-0.25, -0.2) is 0 Å². The van der Waals surface area contributed by atoms with Crippen LogP contribution in [0.3, 0.4) is 0 Å². The second-order valence-electron chi connectivity index (χ2n) is 4.95. The van der Waals surface area contributed by atoms with E-state index in [-0.39, 0.29) is 25.1 Å². The Hall–Kier alpha value is -0.810. The van der Waals surface area contributed by atoms with E-state index < -0.39 is 0 Å². The number of nitrogens with zero attached hydrogens (tertiary/aromatic N) is 1. The van der Waals surface area contributed by atoms with Crippen LogP contribution in [0.25, 0.3) is 0 Å². The van der Waals surface area contributed by atoms with E-state index in [9.17, 15) is 9.90 Å². The maximum Gasteiger partial charge on any atom is 0.238 e. The van der Waals surface area contributed by atoms with Crippen molar-refractivity contribution >= 4 is 34.8 Å². The molecule has 0 saturated carbocycles. The Bertz CT molecular complexity index is 482. The third-order valence-electron chi connectivity index (χ3n) is 3.53. The van der Waals surface area contributed by atoms with Crippen LogP contribution in [0.2, 0.25) is 10.0 Å². The molecule has 1 aliphatic heterocycles. The standard InChI is InChI=1S/C14H18Cl2N2O2/c15-11-5-3-6-12(14(11)16)17-13(20)8-18-7-2-1-4-10(18)9-19/h3,5-6,10,19H,1-2,4,7-9H2,(H,17,20).